The van der Waals surface area contributed by atoms with Crippen molar-refractivity contribution in [1.29, 1.82) is 0 Å². The van der Waals surface area contributed by atoms with E-state index < -0.39 is 12.2 Å². The van der Waals surface area contributed by atoms with E-state index in [1.54, 1.807) is 36.3 Å². The Hall–Kier alpha value is -3.59. The molecule has 2 fully saturated rings. The summed E-state index contributed by atoms with van der Waals surface area (Å²) in [6.45, 7) is 1.29. The number of carbonyl (C=O) groups is 3. The van der Waals surface area contributed by atoms with Crippen LogP contribution in [0.3, 0.4) is 0 Å². The molecule has 4 rings (SSSR count). The standard InChI is InChI=1S/C27H35N5O4/c1-36-23-12-10-22(11-13-23)30-27(35)32-15-14-31(26(34)21-8-3-2-4-9-21)25(32)24(33)29-18-20-7-5-6-19(16-20)17-28/h5-7,10-13,16,21,25H,2-4,8-9,14-15,17-18,28H2,1H3,(H,29,33)(H,30,35). The third-order valence-corrected chi connectivity index (χ3v) is 6.94. The summed E-state index contributed by atoms with van der Waals surface area (Å²) in [5, 5.41) is 5.78. The second kappa shape index (κ2) is 11.9. The lowest BCUT2D eigenvalue weighted by molar-refractivity contribution is -0.144. The highest BCUT2D eigenvalue weighted by Crippen LogP contribution is 2.28. The summed E-state index contributed by atoms with van der Waals surface area (Å²) in [5.74, 6) is 0.161. The minimum absolute atomic E-state index is 0.0419. The minimum Gasteiger partial charge on any atom is -0.497 e. The Kier molecular flexibility index (Phi) is 8.43. The van der Waals surface area contributed by atoms with Crippen LogP contribution in [-0.2, 0) is 22.7 Å². The molecular formula is C27H35N5O4. The molecule has 1 saturated heterocycles. The zero-order valence-corrected chi connectivity index (χ0v) is 20.7. The van der Waals surface area contributed by atoms with Gasteiger partial charge in [0.05, 0.1) is 7.11 Å². The van der Waals surface area contributed by atoms with Crippen LogP contribution in [0.5, 0.6) is 5.75 Å². The monoisotopic (exact) mass is 493 g/mol. The fraction of sp³-hybridized carbons (Fsp3) is 0.444. The molecule has 36 heavy (non-hydrogen) atoms. The van der Waals surface area contributed by atoms with Crippen LogP contribution >= 0.6 is 0 Å². The highest BCUT2D eigenvalue weighted by Gasteiger charge is 2.44. The van der Waals surface area contributed by atoms with Crippen LogP contribution < -0.4 is 21.1 Å². The van der Waals surface area contributed by atoms with Gasteiger partial charge in [-0.15, -0.1) is 0 Å². The normalized spacial score (nSPS) is 18.1. The summed E-state index contributed by atoms with van der Waals surface area (Å²) in [6, 6.07) is 14.2. The molecule has 0 aromatic heterocycles. The van der Waals surface area contributed by atoms with Crippen molar-refractivity contribution in [2.24, 2.45) is 11.7 Å². The maximum absolute atomic E-state index is 13.5. The highest BCUT2D eigenvalue weighted by molar-refractivity contribution is 5.96. The molecule has 192 valence electrons. The van der Waals surface area contributed by atoms with Gasteiger partial charge in [0.1, 0.15) is 5.75 Å². The molecule has 2 aromatic rings. The SMILES string of the molecule is COc1ccc(NC(=O)N2CCN(C(=O)C3CCCCC3)C2C(=O)NCc2cccc(CN)c2)cc1. The van der Waals surface area contributed by atoms with Crippen LogP contribution in [0.2, 0.25) is 0 Å². The number of benzene rings is 2. The Morgan fingerprint density at radius 3 is 2.36 bits per heavy atom. The average molecular weight is 494 g/mol. The predicted octanol–water partition coefficient (Wildman–Crippen LogP) is 3.05. The number of anilines is 1. The van der Waals surface area contributed by atoms with E-state index in [1.165, 1.54) is 4.90 Å². The minimum atomic E-state index is -1.00. The molecule has 1 atom stereocenters. The first-order chi connectivity index (χ1) is 17.5. The van der Waals surface area contributed by atoms with Crippen molar-refractivity contribution < 1.29 is 19.1 Å². The van der Waals surface area contributed by atoms with Crippen molar-refractivity contribution in [1.82, 2.24) is 15.1 Å². The molecular weight excluding hydrogens is 458 g/mol. The number of methoxy groups -OCH3 is 1. The molecule has 9 heteroatoms. The number of nitrogens with two attached hydrogens (primary N) is 1. The van der Waals surface area contributed by atoms with Crippen molar-refractivity contribution in [2.45, 2.75) is 51.4 Å². The Balaban J connectivity index is 1.50. The lowest BCUT2D eigenvalue weighted by Crippen LogP contribution is -2.55. The molecule has 2 aromatic carbocycles. The summed E-state index contributed by atoms with van der Waals surface area (Å²) in [7, 11) is 1.57. The first-order valence-corrected chi connectivity index (χ1v) is 12.6. The van der Waals surface area contributed by atoms with Gasteiger partial charge in [0.25, 0.3) is 5.91 Å². The number of ether oxygens (including phenoxy) is 1. The Morgan fingerprint density at radius 1 is 0.972 bits per heavy atom. The zero-order chi connectivity index (χ0) is 25.5. The van der Waals surface area contributed by atoms with Gasteiger partial charge in [0.2, 0.25) is 5.91 Å². The Bertz CT molecular complexity index is 1070. The number of nitrogens with one attached hydrogen (secondary N) is 2. The number of rotatable bonds is 7. The summed E-state index contributed by atoms with van der Waals surface area (Å²) in [6.07, 6.45) is 3.81. The summed E-state index contributed by atoms with van der Waals surface area (Å²) in [5.41, 5.74) is 8.19. The quantitative estimate of drug-likeness (QED) is 0.548. The molecule has 4 N–H and O–H groups in total. The molecule has 4 amide bonds. The molecule has 0 radical (unpaired) electrons. The third-order valence-electron chi connectivity index (χ3n) is 6.94. The molecule has 9 nitrogen and oxygen atoms in total. The van der Waals surface area contributed by atoms with Crippen LogP contribution in [0.4, 0.5) is 10.5 Å². The fourth-order valence-electron chi connectivity index (χ4n) is 4.96. The first kappa shape index (κ1) is 25.5. The van der Waals surface area contributed by atoms with Crippen LogP contribution in [0.15, 0.2) is 48.5 Å². The van der Waals surface area contributed by atoms with Gasteiger partial charge in [-0.25, -0.2) is 4.79 Å². The maximum Gasteiger partial charge on any atom is 0.323 e. The van der Waals surface area contributed by atoms with E-state index in [1.807, 2.05) is 24.3 Å². The number of urea groups is 1. The van der Waals surface area contributed by atoms with E-state index in [0.29, 0.717) is 24.5 Å². The molecule has 1 heterocycles. The van der Waals surface area contributed by atoms with Crippen molar-refractivity contribution >= 4 is 23.5 Å². The average Bonchev–Trinajstić information content (AvgIpc) is 3.38. The largest absolute Gasteiger partial charge is 0.497 e. The number of hydrogen-bond donors (Lipinski definition) is 3. The van der Waals surface area contributed by atoms with E-state index in [9.17, 15) is 14.4 Å². The topological polar surface area (TPSA) is 117 Å². The van der Waals surface area contributed by atoms with Crippen LogP contribution in [0.25, 0.3) is 0 Å². The van der Waals surface area contributed by atoms with Gasteiger partial charge in [-0.05, 0) is 48.2 Å². The van der Waals surface area contributed by atoms with E-state index in [4.69, 9.17) is 10.5 Å². The molecule has 1 unspecified atom stereocenters. The van der Waals surface area contributed by atoms with E-state index in [0.717, 1.165) is 43.2 Å². The number of amides is 4. The zero-order valence-electron chi connectivity index (χ0n) is 20.7. The Morgan fingerprint density at radius 2 is 1.67 bits per heavy atom. The van der Waals surface area contributed by atoms with Crippen molar-refractivity contribution in [3.63, 3.8) is 0 Å². The fourth-order valence-corrected chi connectivity index (χ4v) is 4.96. The molecule has 0 spiro atoms. The van der Waals surface area contributed by atoms with E-state index in [2.05, 4.69) is 10.6 Å². The van der Waals surface area contributed by atoms with E-state index >= 15 is 0 Å². The van der Waals surface area contributed by atoms with Gasteiger partial charge in [-0.1, -0.05) is 43.5 Å². The smallest absolute Gasteiger partial charge is 0.323 e. The van der Waals surface area contributed by atoms with Crippen molar-refractivity contribution in [3.8, 4) is 5.75 Å². The molecule has 2 aliphatic rings. The maximum atomic E-state index is 13.5. The molecule has 0 bridgehead atoms. The van der Waals surface area contributed by atoms with Gasteiger partial charge in [-0.3, -0.25) is 14.5 Å². The predicted molar refractivity (Wildman–Crippen MR) is 137 cm³/mol. The van der Waals surface area contributed by atoms with Gasteiger partial charge in [-0.2, -0.15) is 0 Å². The molecule has 1 aliphatic carbocycles. The number of nitrogens with zero attached hydrogens (tertiary/aromatic N) is 2. The van der Waals surface area contributed by atoms with Gasteiger partial charge >= 0.3 is 6.03 Å². The van der Waals surface area contributed by atoms with Crippen molar-refractivity contribution in [3.05, 3.63) is 59.7 Å². The van der Waals surface area contributed by atoms with Gasteiger partial charge < -0.3 is 26.0 Å². The molecule has 1 aliphatic heterocycles. The third kappa shape index (κ3) is 5.96. The summed E-state index contributed by atoms with van der Waals surface area (Å²) < 4.78 is 5.17. The lowest BCUT2D eigenvalue weighted by atomic mass is 9.88. The lowest BCUT2D eigenvalue weighted by Gasteiger charge is -2.32. The summed E-state index contributed by atoms with van der Waals surface area (Å²) >= 11 is 0. The Labute approximate surface area is 212 Å². The van der Waals surface area contributed by atoms with E-state index in [-0.39, 0.29) is 30.8 Å². The van der Waals surface area contributed by atoms with Gasteiger partial charge in [0, 0.05) is 37.8 Å². The van der Waals surface area contributed by atoms with Crippen LogP contribution in [0, 0.1) is 5.92 Å². The summed E-state index contributed by atoms with van der Waals surface area (Å²) in [4.78, 5) is 43.1. The van der Waals surface area contributed by atoms with Crippen molar-refractivity contribution in [2.75, 3.05) is 25.5 Å². The van der Waals surface area contributed by atoms with Crippen LogP contribution in [0.1, 0.15) is 43.2 Å². The first-order valence-electron chi connectivity index (χ1n) is 12.6. The van der Waals surface area contributed by atoms with Gasteiger partial charge in [0.15, 0.2) is 6.17 Å². The number of hydrogen-bond acceptors (Lipinski definition) is 5. The van der Waals surface area contributed by atoms with Crippen LogP contribution in [-0.4, -0.2) is 54.0 Å². The highest BCUT2D eigenvalue weighted by atomic mass is 16.5. The second-order valence-corrected chi connectivity index (χ2v) is 9.33. The second-order valence-electron chi connectivity index (χ2n) is 9.33. The number of carbonyl (C=O) groups excluding carboxylic acids is 3. The molecule has 1 saturated carbocycles.